The van der Waals surface area contributed by atoms with Gasteiger partial charge in [-0.1, -0.05) is 54.5 Å². The average molecular weight is 394 g/mol. The number of aromatic nitrogens is 2. The molecular weight excluding hydrogens is 376 g/mol. The first-order valence-corrected chi connectivity index (χ1v) is 9.76. The molecule has 146 valence electrons. The number of benzene rings is 3. The van der Waals surface area contributed by atoms with E-state index < -0.39 is 5.97 Å². The van der Waals surface area contributed by atoms with Crippen LogP contribution in [0.5, 0.6) is 0 Å². The molecule has 0 amide bonds. The minimum atomic E-state index is -0.965. The smallest absolute Gasteiger partial charge is 0.336 e. The van der Waals surface area contributed by atoms with Gasteiger partial charge in [-0.15, -0.1) is 0 Å². The summed E-state index contributed by atoms with van der Waals surface area (Å²) in [4.78, 5) is 16.7. The molecule has 0 spiro atoms. The van der Waals surface area contributed by atoms with Crippen LogP contribution in [0, 0.1) is 0 Å². The quantitative estimate of drug-likeness (QED) is 0.406. The van der Waals surface area contributed by atoms with Crippen molar-refractivity contribution in [2.24, 2.45) is 0 Å². The van der Waals surface area contributed by atoms with E-state index in [1.54, 1.807) is 6.07 Å². The van der Waals surface area contributed by atoms with E-state index in [9.17, 15) is 9.90 Å². The first-order valence-electron chi connectivity index (χ1n) is 9.76. The molecule has 0 fully saturated rings. The van der Waals surface area contributed by atoms with E-state index in [1.165, 1.54) is 0 Å². The molecule has 5 heteroatoms. The van der Waals surface area contributed by atoms with Crippen LogP contribution in [0.2, 0.25) is 0 Å². The fourth-order valence-corrected chi connectivity index (χ4v) is 3.72. The highest BCUT2D eigenvalue weighted by Crippen LogP contribution is 2.33. The Bertz CT molecular complexity index is 1400. The van der Waals surface area contributed by atoms with Gasteiger partial charge in [-0.2, -0.15) is 0 Å². The SMILES string of the molecule is CCc1ccc2nc(-c3ccc4noc(-c5ccccc5)c4c3)cc(C(=O)O)c2c1. The molecule has 5 rings (SSSR count). The standard InChI is InChI=1S/C25H18N2O3/c1-2-15-8-10-21-18(12-15)19(25(28)29)14-23(26-21)17-9-11-22-20(13-17)24(30-27-22)16-6-4-3-5-7-16/h3-14H,2H2,1H3,(H,28,29). The molecule has 0 aliphatic heterocycles. The van der Waals surface area contributed by atoms with Crippen LogP contribution in [0.4, 0.5) is 0 Å². The van der Waals surface area contributed by atoms with E-state index in [1.807, 2.05) is 73.7 Å². The lowest BCUT2D eigenvalue weighted by molar-refractivity contribution is 0.0699. The van der Waals surface area contributed by atoms with Crippen LogP contribution in [-0.2, 0) is 6.42 Å². The molecule has 0 aliphatic rings. The number of rotatable bonds is 4. The first-order chi connectivity index (χ1) is 14.6. The molecule has 0 radical (unpaired) electrons. The lowest BCUT2D eigenvalue weighted by atomic mass is 10.00. The van der Waals surface area contributed by atoms with E-state index >= 15 is 0 Å². The summed E-state index contributed by atoms with van der Waals surface area (Å²) >= 11 is 0. The Kier molecular flexibility index (Phi) is 4.29. The molecule has 0 aliphatic carbocycles. The Morgan fingerprint density at radius 1 is 0.900 bits per heavy atom. The lowest BCUT2D eigenvalue weighted by Gasteiger charge is -2.09. The fourth-order valence-electron chi connectivity index (χ4n) is 3.72. The van der Waals surface area contributed by atoms with E-state index in [4.69, 9.17) is 9.51 Å². The summed E-state index contributed by atoms with van der Waals surface area (Å²) in [5.41, 5.74) is 5.08. The van der Waals surface area contributed by atoms with Gasteiger partial charge in [0.2, 0.25) is 0 Å². The average Bonchev–Trinajstić information content (AvgIpc) is 3.21. The summed E-state index contributed by atoms with van der Waals surface area (Å²) in [7, 11) is 0. The van der Waals surface area contributed by atoms with Crippen molar-refractivity contribution in [1.29, 1.82) is 0 Å². The van der Waals surface area contributed by atoms with Gasteiger partial charge in [-0.05, 0) is 42.3 Å². The highest BCUT2D eigenvalue weighted by molar-refractivity contribution is 6.04. The number of nitrogens with zero attached hydrogens (tertiary/aromatic N) is 2. The minimum Gasteiger partial charge on any atom is -0.478 e. The maximum Gasteiger partial charge on any atom is 0.336 e. The molecule has 3 aromatic carbocycles. The third-order valence-corrected chi connectivity index (χ3v) is 5.32. The van der Waals surface area contributed by atoms with E-state index in [0.29, 0.717) is 22.4 Å². The van der Waals surface area contributed by atoms with E-state index in [-0.39, 0.29) is 5.56 Å². The molecule has 5 nitrogen and oxygen atoms in total. The number of carboxylic acids is 1. The van der Waals surface area contributed by atoms with Crippen molar-refractivity contribution in [2.75, 3.05) is 0 Å². The number of hydrogen-bond donors (Lipinski definition) is 1. The summed E-state index contributed by atoms with van der Waals surface area (Å²) in [5.74, 6) is -0.285. The number of aromatic carboxylic acids is 1. The third-order valence-electron chi connectivity index (χ3n) is 5.32. The van der Waals surface area contributed by atoms with Gasteiger partial charge < -0.3 is 9.63 Å². The van der Waals surface area contributed by atoms with Gasteiger partial charge in [0.05, 0.1) is 22.2 Å². The van der Waals surface area contributed by atoms with Crippen LogP contribution in [-0.4, -0.2) is 21.2 Å². The minimum absolute atomic E-state index is 0.249. The van der Waals surface area contributed by atoms with Crippen molar-refractivity contribution in [2.45, 2.75) is 13.3 Å². The van der Waals surface area contributed by atoms with Crippen molar-refractivity contribution in [3.8, 4) is 22.6 Å². The van der Waals surface area contributed by atoms with Gasteiger partial charge in [0.25, 0.3) is 0 Å². The highest BCUT2D eigenvalue weighted by Gasteiger charge is 2.16. The summed E-state index contributed by atoms with van der Waals surface area (Å²) in [6, 6.07) is 22.9. The third kappa shape index (κ3) is 3.01. The zero-order valence-electron chi connectivity index (χ0n) is 16.3. The molecule has 5 aromatic rings. The molecular formula is C25H18N2O3. The van der Waals surface area contributed by atoms with Gasteiger partial charge in [0.1, 0.15) is 5.52 Å². The van der Waals surface area contributed by atoms with Crippen LogP contribution in [0.3, 0.4) is 0 Å². The molecule has 2 aromatic heterocycles. The van der Waals surface area contributed by atoms with Crippen LogP contribution in [0.1, 0.15) is 22.8 Å². The number of aryl methyl sites for hydroxylation is 1. The first kappa shape index (κ1) is 18.1. The predicted molar refractivity (Wildman–Crippen MR) is 117 cm³/mol. The monoisotopic (exact) mass is 394 g/mol. The predicted octanol–water partition coefficient (Wildman–Crippen LogP) is 5.97. The van der Waals surface area contributed by atoms with Crippen molar-refractivity contribution in [3.05, 3.63) is 83.9 Å². The van der Waals surface area contributed by atoms with Crippen LogP contribution in [0.25, 0.3) is 44.4 Å². The normalized spacial score (nSPS) is 11.2. The molecule has 30 heavy (non-hydrogen) atoms. The number of carbonyl (C=O) groups is 1. The number of pyridine rings is 1. The molecule has 1 N–H and O–H groups in total. The largest absolute Gasteiger partial charge is 0.478 e. The second-order valence-corrected chi connectivity index (χ2v) is 7.17. The van der Waals surface area contributed by atoms with Crippen LogP contribution < -0.4 is 0 Å². The Morgan fingerprint density at radius 3 is 2.47 bits per heavy atom. The Balaban J connectivity index is 1.71. The Labute approximate surface area is 172 Å². The molecule has 0 saturated heterocycles. The molecule has 0 saturated carbocycles. The number of hydrogen-bond acceptors (Lipinski definition) is 4. The second kappa shape index (κ2) is 7.12. The maximum absolute atomic E-state index is 12.0. The fraction of sp³-hybridized carbons (Fsp3) is 0.0800. The molecule has 0 bridgehead atoms. The Morgan fingerprint density at radius 2 is 1.70 bits per heavy atom. The zero-order valence-corrected chi connectivity index (χ0v) is 16.3. The lowest BCUT2D eigenvalue weighted by Crippen LogP contribution is -2.01. The van der Waals surface area contributed by atoms with Gasteiger partial charge in [-0.25, -0.2) is 9.78 Å². The summed E-state index contributed by atoms with van der Waals surface area (Å²) in [6.07, 6.45) is 0.836. The van der Waals surface area contributed by atoms with Gasteiger partial charge >= 0.3 is 5.97 Å². The Hall–Kier alpha value is -3.99. The van der Waals surface area contributed by atoms with Crippen molar-refractivity contribution in [3.63, 3.8) is 0 Å². The zero-order chi connectivity index (χ0) is 20.7. The maximum atomic E-state index is 12.0. The molecule has 0 atom stereocenters. The van der Waals surface area contributed by atoms with Crippen LogP contribution in [0.15, 0.2) is 77.3 Å². The highest BCUT2D eigenvalue weighted by atomic mass is 16.5. The van der Waals surface area contributed by atoms with Gasteiger partial charge in [0.15, 0.2) is 5.76 Å². The number of fused-ring (bicyclic) bond motifs is 2. The van der Waals surface area contributed by atoms with Crippen molar-refractivity contribution >= 4 is 27.8 Å². The topological polar surface area (TPSA) is 76.2 Å². The summed E-state index contributed by atoms with van der Waals surface area (Å²) < 4.78 is 5.59. The van der Waals surface area contributed by atoms with Gasteiger partial charge in [0, 0.05) is 16.5 Å². The number of carboxylic acid groups (broad SMARTS) is 1. The van der Waals surface area contributed by atoms with Gasteiger partial charge in [-0.3, -0.25) is 0 Å². The summed E-state index contributed by atoms with van der Waals surface area (Å²) in [6.45, 7) is 2.04. The van der Waals surface area contributed by atoms with E-state index in [2.05, 4.69) is 5.16 Å². The molecule has 2 heterocycles. The van der Waals surface area contributed by atoms with E-state index in [0.717, 1.165) is 34.0 Å². The summed E-state index contributed by atoms with van der Waals surface area (Å²) in [5, 5.41) is 15.5. The molecule has 0 unspecified atom stereocenters. The van der Waals surface area contributed by atoms with Crippen molar-refractivity contribution in [1.82, 2.24) is 10.1 Å². The van der Waals surface area contributed by atoms with Crippen molar-refractivity contribution < 1.29 is 14.4 Å². The van der Waals surface area contributed by atoms with Crippen LogP contribution >= 0.6 is 0 Å². The second-order valence-electron chi connectivity index (χ2n) is 7.17.